The fourth-order valence-electron chi connectivity index (χ4n) is 4.27. The number of likely N-dealkylation sites (tertiary alicyclic amines) is 1. The molecule has 0 radical (unpaired) electrons. The number of guanidine groups is 1. The lowest BCUT2D eigenvalue weighted by Crippen LogP contribution is -2.49. The van der Waals surface area contributed by atoms with Crippen LogP contribution in [-0.2, 0) is 17.8 Å². The Morgan fingerprint density at radius 1 is 1.13 bits per heavy atom. The summed E-state index contributed by atoms with van der Waals surface area (Å²) in [7, 11) is 1.72. The standard InChI is InChI=1S/C23H44N6O.HI/c1-7-24-23(25-16-21-19(4)27-29(20(21)5)14-15-30-6)26-17-22(18(2)3)28-12-10-8-9-11-13-28;/h18,22H,7-17H2,1-6H3,(H2,24,25,26);1H. The fraction of sp³-hybridized carbons (Fsp3) is 0.826. The maximum atomic E-state index is 5.20. The Morgan fingerprint density at radius 2 is 1.81 bits per heavy atom. The van der Waals surface area contributed by atoms with Crippen LogP contribution in [0.3, 0.4) is 0 Å². The molecule has 2 rings (SSSR count). The van der Waals surface area contributed by atoms with E-state index in [1.165, 1.54) is 50.0 Å². The Hall–Kier alpha value is -0.870. The molecule has 0 saturated carbocycles. The van der Waals surface area contributed by atoms with Crippen LogP contribution < -0.4 is 10.6 Å². The van der Waals surface area contributed by atoms with E-state index in [4.69, 9.17) is 9.73 Å². The second kappa shape index (κ2) is 15.1. The molecule has 0 bridgehead atoms. The first-order valence-electron chi connectivity index (χ1n) is 11.8. The highest BCUT2D eigenvalue weighted by molar-refractivity contribution is 14.0. The van der Waals surface area contributed by atoms with Gasteiger partial charge in [-0.05, 0) is 52.6 Å². The summed E-state index contributed by atoms with van der Waals surface area (Å²) in [6, 6.07) is 0.534. The molecule has 180 valence electrons. The third-order valence-electron chi connectivity index (χ3n) is 6.14. The van der Waals surface area contributed by atoms with Crippen molar-refractivity contribution in [2.45, 2.75) is 79.4 Å². The number of hydrogen-bond donors (Lipinski definition) is 2. The van der Waals surface area contributed by atoms with Gasteiger partial charge in [0, 0.05) is 37.5 Å². The molecule has 7 nitrogen and oxygen atoms in total. The third kappa shape index (κ3) is 8.88. The number of nitrogens with one attached hydrogen (secondary N) is 2. The number of methoxy groups -OCH3 is 1. The molecule has 0 aliphatic carbocycles. The van der Waals surface area contributed by atoms with Crippen LogP contribution in [0.1, 0.15) is 63.4 Å². The molecule has 0 aromatic carbocycles. The molecule has 1 unspecified atom stereocenters. The summed E-state index contributed by atoms with van der Waals surface area (Å²) in [5.41, 5.74) is 3.43. The SMILES string of the molecule is CCNC(=NCc1c(C)nn(CCOC)c1C)NCC(C(C)C)N1CCCCCC1.I. The van der Waals surface area contributed by atoms with Crippen molar-refractivity contribution >= 4 is 29.9 Å². The molecule has 1 fully saturated rings. The molecule has 2 N–H and O–H groups in total. The molecular weight excluding hydrogens is 503 g/mol. The van der Waals surface area contributed by atoms with Gasteiger partial charge in [0.05, 0.1) is 25.4 Å². The van der Waals surface area contributed by atoms with Crippen LogP contribution in [0.4, 0.5) is 0 Å². The molecule has 1 aliphatic heterocycles. The van der Waals surface area contributed by atoms with E-state index in [0.717, 1.165) is 31.3 Å². The summed E-state index contributed by atoms with van der Waals surface area (Å²) in [4.78, 5) is 7.57. The molecule has 0 amide bonds. The molecule has 31 heavy (non-hydrogen) atoms. The molecule has 8 heteroatoms. The Balaban J connectivity index is 0.00000480. The van der Waals surface area contributed by atoms with Crippen molar-refractivity contribution in [2.24, 2.45) is 10.9 Å². The van der Waals surface area contributed by atoms with E-state index in [-0.39, 0.29) is 24.0 Å². The van der Waals surface area contributed by atoms with Gasteiger partial charge in [0.15, 0.2) is 5.96 Å². The number of ether oxygens (including phenoxy) is 1. The zero-order valence-corrected chi connectivity index (χ0v) is 22.9. The minimum Gasteiger partial charge on any atom is -0.383 e. The molecule has 1 atom stereocenters. The van der Waals surface area contributed by atoms with Crippen molar-refractivity contribution in [3.63, 3.8) is 0 Å². The van der Waals surface area contributed by atoms with Crippen molar-refractivity contribution in [3.8, 4) is 0 Å². The van der Waals surface area contributed by atoms with Gasteiger partial charge in [-0.3, -0.25) is 9.58 Å². The maximum Gasteiger partial charge on any atom is 0.191 e. The van der Waals surface area contributed by atoms with E-state index in [1.54, 1.807) is 7.11 Å². The summed E-state index contributed by atoms with van der Waals surface area (Å²) >= 11 is 0. The fourth-order valence-corrected chi connectivity index (χ4v) is 4.27. The first kappa shape index (κ1) is 28.2. The lowest BCUT2D eigenvalue weighted by atomic mass is 10.0. The first-order valence-corrected chi connectivity index (χ1v) is 11.8. The Kier molecular flexibility index (Phi) is 13.7. The number of rotatable bonds is 10. The van der Waals surface area contributed by atoms with E-state index in [2.05, 4.69) is 55.3 Å². The zero-order valence-electron chi connectivity index (χ0n) is 20.5. The third-order valence-corrected chi connectivity index (χ3v) is 6.14. The van der Waals surface area contributed by atoms with Gasteiger partial charge in [0.25, 0.3) is 0 Å². The van der Waals surface area contributed by atoms with Gasteiger partial charge >= 0.3 is 0 Å². The summed E-state index contributed by atoms with van der Waals surface area (Å²) < 4.78 is 7.22. The molecule has 2 heterocycles. The van der Waals surface area contributed by atoms with Crippen LogP contribution in [0.2, 0.25) is 0 Å². The number of aliphatic imine (C=N–C) groups is 1. The van der Waals surface area contributed by atoms with Gasteiger partial charge in [-0.1, -0.05) is 26.7 Å². The number of hydrogen-bond acceptors (Lipinski definition) is 4. The highest BCUT2D eigenvalue weighted by Crippen LogP contribution is 2.17. The van der Waals surface area contributed by atoms with Gasteiger partial charge in [-0.15, -0.1) is 24.0 Å². The number of aromatic nitrogens is 2. The maximum absolute atomic E-state index is 5.20. The van der Waals surface area contributed by atoms with Crippen molar-refractivity contribution in [1.29, 1.82) is 0 Å². The van der Waals surface area contributed by atoms with Crippen molar-refractivity contribution in [3.05, 3.63) is 17.0 Å². The minimum atomic E-state index is 0. The Bertz CT molecular complexity index is 653. The van der Waals surface area contributed by atoms with E-state index >= 15 is 0 Å². The van der Waals surface area contributed by atoms with Crippen molar-refractivity contribution in [2.75, 3.05) is 39.9 Å². The molecule has 0 spiro atoms. The average molecular weight is 549 g/mol. The summed E-state index contributed by atoms with van der Waals surface area (Å²) in [5.74, 6) is 1.50. The van der Waals surface area contributed by atoms with E-state index in [1.807, 2.05) is 4.68 Å². The molecule has 1 aromatic rings. The van der Waals surface area contributed by atoms with Crippen molar-refractivity contribution in [1.82, 2.24) is 25.3 Å². The molecule has 1 aromatic heterocycles. The van der Waals surface area contributed by atoms with Crippen LogP contribution >= 0.6 is 24.0 Å². The van der Waals surface area contributed by atoms with Gasteiger partial charge in [0.1, 0.15) is 0 Å². The van der Waals surface area contributed by atoms with E-state index in [0.29, 0.717) is 25.1 Å². The molecule has 1 saturated heterocycles. The lowest BCUT2D eigenvalue weighted by Gasteiger charge is -2.34. The highest BCUT2D eigenvalue weighted by Gasteiger charge is 2.23. The lowest BCUT2D eigenvalue weighted by molar-refractivity contribution is 0.161. The van der Waals surface area contributed by atoms with E-state index in [9.17, 15) is 0 Å². The quantitative estimate of drug-likeness (QED) is 0.265. The van der Waals surface area contributed by atoms with Crippen LogP contribution in [-0.4, -0.2) is 66.6 Å². The van der Waals surface area contributed by atoms with E-state index < -0.39 is 0 Å². The topological polar surface area (TPSA) is 66.7 Å². The predicted octanol–water partition coefficient (Wildman–Crippen LogP) is 3.72. The number of aryl methyl sites for hydroxylation is 1. The number of nitrogens with zero attached hydrogens (tertiary/aromatic N) is 4. The monoisotopic (exact) mass is 548 g/mol. The van der Waals surface area contributed by atoms with Gasteiger partial charge < -0.3 is 15.4 Å². The van der Waals surface area contributed by atoms with Crippen molar-refractivity contribution < 1.29 is 4.74 Å². The zero-order chi connectivity index (χ0) is 21.9. The Labute approximate surface area is 206 Å². The first-order chi connectivity index (χ1) is 14.5. The average Bonchev–Trinajstić information content (AvgIpc) is 2.89. The number of halogens is 1. The summed E-state index contributed by atoms with van der Waals surface area (Å²) in [6.45, 7) is 17.3. The molecule has 1 aliphatic rings. The summed E-state index contributed by atoms with van der Waals surface area (Å²) in [5, 5.41) is 11.7. The second-order valence-electron chi connectivity index (χ2n) is 8.70. The van der Waals surface area contributed by atoms with Gasteiger partial charge in [-0.25, -0.2) is 4.99 Å². The van der Waals surface area contributed by atoms with Crippen LogP contribution in [0.25, 0.3) is 0 Å². The summed E-state index contributed by atoms with van der Waals surface area (Å²) in [6.07, 6.45) is 5.39. The Morgan fingerprint density at radius 3 is 2.39 bits per heavy atom. The normalized spacial score (nSPS) is 16.7. The van der Waals surface area contributed by atoms with Crippen LogP contribution in [0.5, 0.6) is 0 Å². The highest BCUT2D eigenvalue weighted by atomic mass is 127. The molecular formula is C23H45IN6O. The van der Waals surface area contributed by atoms with Crippen LogP contribution in [0, 0.1) is 19.8 Å². The van der Waals surface area contributed by atoms with Crippen LogP contribution in [0.15, 0.2) is 4.99 Å². The largest absolute Gasteiger partial charge is 0.383 e. The minimum absolute atomic E-state index is 0. The predicted molar refractivity (Wildman–Crippen MR) is 140 cm³/mol. The van der Waals surface area contributed by atoms with Gasteiger partial charge in [0.2, 0.25) is 0 Å². The smallest absolute Gasteiger partial charge is 0.191 e. The second-order valence-corrected chi connectivity index (χ2v) is 8.70. The van der Waals surface area contributed by atoms with Gasteiger partial charge in [-0.2, -0.15) is 5.10 Å².